The fourth-order valence-electron chi connectivity index (χ4n) is 1.66. The van der Waals surface area contributed by atoms with Gasteiger partial charge in [0.2, 0.25) is 0 Å². The molecular weight excluding hydrogens is 162 g/mol. The number of hydrogen-bond donors (Lipinski definition) is 1. The van der Waals surface area contributed by atoms with Gasteiger partial charge in [0, 0.05) is 6.07 Å². The summed E-state index contributed by atoms with van der Waals surface area (Å²) < 4.78 is 1.96. The van der Waals surface area contributed by atoms with E-state index in [4.69, 9.17) is 5.73 Å². The molecule has 0 saturated heterocycles. The molecule has 0 spiro atoms. The van der Waals surface area contributed by atoms with E-state index in [0.717, 1.165) is 24.4 Å². The summed E-state index contributed by atoms with van der Waals surface area (Å²) in [6.45, 7) is 6.34. The highest BCUT2D eigenvalue weighted by atomic mass is 15.3. The molecule has 3 nitrogen and oxygen atoms in total. The Morgan fingerprint density at radius 1 is 1.54 bits per heavy atom. The maximum atomic E-state index is 5.85. The topological polar surface area (TPSA) is 43.8 Å². The van der Waals surface area contributed by atoms with Gasteiger partial charge in [0.1, 0.15) is 5.82 Å². The summed E-state index contributed by atoms with van der Waals surface area (Å²) in [6.07, 6.45) is 3.43. The smallest absolute Gasteiger partial charge is 0.122 e. The van der Waals surface area contributed by atoms with E-state index < -0.39 is 0 Å². The summed E-state index contributed by atoms with van der Waals surface area (Å²) in [4.78, 5) is 0. The van der Waals surface area contributed by atoms with Crippen LogP contribution in [0.3, 0.4) is 0 Å². The fraction of sp³-hybridized carbons (Fsp3) is 0.700. The van der Waals surface area contributed by atoms with E-state index >= 15 is 0 Å². The van der Waals surface area contributed by atoms with Crippen LogP contribution in [0, 0.1) is 6.92 Å². The minimum absolute atomic E-state index is 0.471. The van der Waals surface area contributed by atoms with Crippen molar-refractivity contribution in [2.45, 2.75) is 46.1 Å². The van der Waals surface area contributed by atoms with E-state index in [1.165, 1.54) is 6.42 Å². The molecule has 0 aliphatic rings. The molecule has 0 amide bonds. The van der Waals surface area contributed by atoms with Gasteiger partial charge < -0.3 is 5.73 Å². The van der Waals surface area contributed by atoms with Gasteiger partial charge in [0.15, 0.2) is 0 Å². The van der Waals surface area contributed by atoms with Crippen molar-refractivity contribution in [3.63, 3.8) is 0 Å². The Labute approximate surface area is 79.9 Å². The summed E-state index contributed by atoms with van der Waals surface area (Å²) >= 11 is 0. The lowest BCUT2D eigenvalue weighted by Crippen LogP contribution is -2.12. The van der Waals surface area contributed by atoms with Crippen molar-refractivity contribution < 1.29 is 0 Å². The first-order chi connectivity index (χ1) is 6.19. The highest BCUT2D eigenvalue weighted by Crippen LogP contribution is 2.20. The highest BCUT2D eigenvalue weighted by molar-refractivity contribution is 5.30. The molecule has 74 valence electrons. The van der Waals surface area contributed by atoms with Gasteiger partial charge in [-0.05, 0) is 19.8 Å². The van der Waals surface area contributed by atoms with Crippen LogP contribution in [0.4, 0.5) is 5.82 Å². The maximum absolute atomic E-state index is 5.85. The zero-order valence-corrected chi connectivity index (χ0v) is 8.75. The van der Waals surface area contributed by atoms with E-state index in [1.54, 1.807) is 0 Å². The molecule has 2 N–H and O–H groups in total. The van der Waals surface area contributed by atoms with Gasteiger partial charge in [0.05, 0.1) is 11.7 Å². The molecule has 1 unspecified atom stereocenters. The van der Waals surface area contributed by atoms with Gasteiger partial charge in [-0.2, -0.15) is 5.10 Å². The summed E-state index contributed by atoms with van der Waals surface area (Å²) in [5, 5.41) is 4.39. The second kappa shape index (κ2) is 4.30. The first-order valence-electron chi connectivity index (χ1n) is 5.00. The Morgan fingerprint density at radius 3 is 2.62 bits per heavy atom. The lowest BCUT2D eigenvalue weighted by atomic mass is 10.1. The van der Waals surface area contributed by atoms with Crippen LogP contribution in [0.5, 0.6) is 0 Å². The van der Waals surface area contributed by atoms with Gasteiger partial charge in [-0.15, -0.1) is 0 Å². The third-order valence-corrected chi connectivity index (χ3v) is 2.33. The fourth-order valence-corrected chi connectivity index (χ4v) is 1.66. The molecular formula is C10H19N3. The van der Waals surface area contributed by atoms with E-state index in [9.17, 15) is 0 Å². The Kier molecular flexibility index (Phi) is 3.34. The lowest BCUT2D eigenvalue weighted by Gasteiger charge is -2.15. The zero-order chi connectivity index (χ0) is 9.84. The van der Waals surface area contributed by atoms with Gasteiger partial charge in [-0.25, -0.2) is 4.68 Å². The predicted octanol–water partition coefficient (Wildman–Crippen LogP) is 2.52. The third kappa shape index (κ3) is 2.23. The van der Waals surface area contributed by atoms with Crippen LogP contribution in [-0.2, 0) is 0 Å². The van der Waals surface area contributed by atoms with E-state index in [-0.39, 0.29) is 0 Å². The van der Waals surface area contributed by atoms with Crippen LogP contribution < -0.4 is 5.73 Å². The van der Waals surface area contributed by atoms with E-state index in [2.05, 4.69) is 18.9 Å². The molecule has 1 rings (SSSR count). The number of anilines is 1. The molecule has 3 heteroatoms. The van der Waals surface area contributed by atoms with Crippen LogP contribution >= 0.6 is 0 Å². The average molecular weight is 181 g/mol. The van der Waals surface area contributed by atoms with Crippen LogP contribution in [0.25, 0.3) is 0 Å². The Balaban J connectivity index is 2.83. The molecule has 0 saturated carbocycles. The number of rotatable bonds is 4. The van der Waals surface area contributed by atoms with Crippen molar-refractivity contribution in [3.8, 4) is 0 Å². The summed E-state index contributed by atoms with van der Waals surface area (Å²) in [6, 6.07) is 2.40. The Hall–Kier alpha value is -0.990. The third-order valence-electron chi connectivity index (χ3n) is 2.33. The van der Waals surface area contributed by atoms with Crippen LogP contribution in [0.15, 0.2) is 6.07 Å². The zero-order valence-electron chi connectivity index (χ0n) is 8.75. The van der Waals surface area contributed by atoms with Crippen molar-refractivity contribution in [1.29, 1.82) is 0 Å². The standard InChI is InChI=1S/C10H19N3/c1-4-6-9(5-2)13-10(11)7-8(3)12-13/h7,9H,4-6,11H2,1-3H3. The minimum Gasteiger partial charge on any atom is -0.384 e. The molecule has 0 aromatic carbocycles. The van der Waals surface area contributed by atoms with E-state index in [0.29, 0.717) is 6.04 Å². The highest BCUT2D eigenvalue weighted by Gasteiger charge is 2.11. The number of nitrogens with zero attached hydrogens (tertiary/aromatic N) is 2. The molecule has 0 radical (unpaired) electrons. The minimum atomic E-state index is 0.471. The first kappa shape index (κ1) is 10.1. The number of nitrogen functional groups attached to an aromatic ring is 1. The van der Waals surface area contributed by atoms with Crippen molar-refractivity contribution >= 4 is 5.82 Å². The Bertz CT molecular complexity index is 265. The molecule has 1 atom stereocenters. The molecule has 0 aliphatic heterocycles. The molecule has 0 fully saturated rings. The number of aromatic nitrogens is 2. The average Bonchev–Trinajstić information content (AvgIpc) is 2.41. The Morgan fingerprint density at radius 2 is 2.23 bits per heavy atom. The first-order valence-corrected chi connectivity index (χ1v) is 5.00. The maximum Gasteiger partial charge on any atom is 0.122 e. The summed E-state index contributed by atoms with van der Waals surface area (Å²) in [5.41, 5.74) is 6.86. The van der Waals surface area contributed by atoms with Gasteiger partial charge in [0.25, 0.3) is 0 Å². The van der Waals surface area contributed by atoms with Crippen LogP contribution in [0.2, 0.25) is 0 Å². The van der Waals surface area contributed by atoms with Crippen LogP contribution in [-0.4, -0.2) is 9.78 Å². The number of aryl methyl sites for hydroxylation is 1. The summed E-state index contributed by atoms with van der Waals surface area (Å²) in [5.74, 6) is 0.790. The second-order valence-corrected chi connectivity index (χ2v) is 3.51. The van der Waals surface area contributed by atoms with Crippen molar-refractivity contribution in [1.82, 2.24) is 9.78 Å². The molecule has 1 aromatic heterocycles. The normalized spacial score (nSPS) is 13.2. The molecule has 0 bridgehead atoms. The van der Waals surface area contributed by atoms with Crippen molar-refractivity contribution in [2.75, 3.05) is 5.73 Å². The second-order valence-electron chi connectivity index (χ2n) is 3.51. The molecule has 1 aromatic rings. The largest absolute Gasteiger partial charge is 0.384 e. The van der Waals surface area contributed by atoms with Crippen molar-refractivity contribution in [3.05, 3.63) is 11.8 Å². The van der Waals surface area contributed by atoms with Gasteiger partial charge in [-0.3, -0.25) is 0 Å². The number of hydrogen-bond acceptors (Lipinski definition) is 2. The van der Waals surface area contributed by atoms with Gasteiger partial charge in [-0.1, -0.05) is 20.3 Å². The predicted molar refractivity (Wildman–Crippen MR) is 55.6 cm³/mol. The van der Waals surface area contributed by atoms with E-state index in [1.807, 2.05) is 17.7 Å². The SMILES string of the molecule is CCCC(CC)n1nc(C)cc1N. The van der Waals surface area contributed by atoms with Crippen molar-refractivity contribution in [2.24, 2.45) is 0 Å². The summed E-state index contributed by atoms with van der Waals surface area (Å²) in [7, 11) is 0. The number of nitrogens with two attached hydrogens (primary N) is 1. The van der Waals surface area contributed by atoms with Crippen LogP contribution in [0.1, 0.15) is 44.8 Å². The van der Waals surface area contributed by atoms with Gasteiger partial charge >= 0.3 is 0 Å². The quantitative estimate of drug-likeness (QED) is 0.775. The monoisotopic (exact) mass is 181 g/mol. The molecule has 13 heavy (non-hydrogen) atoms. The lowest BCUT2D eigenvalue weighted by molar-refractivity contribution is 0.413. The molecule has 0 aliphatic carbocycles. The molecule has 1 heterocycles.